The highest BCUT2D eigenvalue weighted by Gasteiger charge is 2.42. The molecule has 0 spiro atoms. The molecule has 2 saturated carbocycles. The van der Waals surface area contributed by atoms with Crippen molar-refractivity contribution < 1.29 is 28.5 Å². The summed E-state index contributed by atoms with van der Waals surface area (Å²) in [6, 6.07) is 26.8. The summed E-state index contributed by atoms with van der Waals surface area (Å²) in [6.07, 6.45) is 5.66. The first-order valence-corrected chi connectivity index (χ1v) is 18.3. The fourth-order valence-electron chi connectivity index (χ4n) is 7.46. The SMILES string of the molecule is COC(CN(CC1CC1)C(=O)CCOCCc1ccc(CCN2CC3CC(OC(=O)Nc4ccccc4-c4ccccc4)C[C@H]3C2)cc1)OC. The number of rotatable bonds is 18. The fourth-order valence-corrected chi connectivity index (χ4v) is 7.46. The molecule has 268 valence electrons. The maximum absolute atomic E-state index is 12.9. The number of ether oxygens (including phenoxy) is 4. The number of amides is 2. The van der Waals surface area contributed by atoms with Crippen molar-refractivity contribution in [2.45, 2.75) is 57.3 Å². The minimum atomic E-state index is -0.401. The van der Waals surface area contributed by atoms with Gasteiger partial charge in [-0.2, -0.15) is 0 Å². The monoisotopic (exact) mass is 683 g/mol. The first-order valence-electron chi connectivity index (χ1n) is 18.3. The van der Waals surface area contributed by atoms with E-state index in [0.29, 0.717) is 43.9 Å². The Balaban J connectivity index is 0.851. The molecule has 2 amide bonds. The minimum Gasteiger partial charge on any atom is -0.446 e. The molecule has 1 heterocycles. The highest BCUT2D eigenvalue weighted by atomic mass is 16.7. The molecule has 3 aromatic carbocycles. The van der Waals surface area contributed by atoms with Crippen molar-refractivity contribution in [3.63, 3.8) is 0 Å². The van der Waals surface area contributed by atoms with Crippen LogP contribution in [0.15, 0.2) is 78.9 Å². The van der Waals surface area contributed by atoms with E-state index >= 15 is 0 Å². The van der Waals surface area contributed by atoms with E-state index in [2.05, 4.69) is 34.5 Å². The summed E-state index contributed by atoms with van der Waals surface area (Å²) < 4.78 is 22.4. The van der Waals surface area contributed by atoms with E-state index in [1.807, 2.05) is 59.5 Å². The molecule has 1 aliphatic heterocycles. The second kappa shape index (κ2) is 17.9. The van der Waals surface area contributed by atoms with Gasteiger partial charge in [0.2, 0.25) is 5.91 Å². The molecule has 1 N–H and O–H groups in total. The van der Waals surface area contributed by atoms with Crippen LogP contribution >= 0.6 is 0 Å². The molecule has 0 radical (unpaired) electrons. The third kappa shape index (κ3) is 10.4. The van der Waals surface area contributed by atoms with Crippen molar-refractivity contribution in [1.29, 1.82) is 0 Å². The van der Waals surface area contributed by atoms with Gasteiger partial charge in [0, 0.05) is 46.0 Å². The summed E-state index contributed by atoms with van der Waals surface area (Å²) in [5.74, 6) is 1.86. The predicted octanol–water partition coefficient (Wildman–Crippen LogP) is 6.66. The predicted molar refractivity (Wildman–Crippen MR) is 195 cm³/mol. The standard InChI is InChI=1S/C41H53N3O6/c1-47-40(48-2)29-44(26-32-16-17-32)39(45)20-23-49-22-19-31-14-12-30(13-15-31)18-21-43-27-34-24-36(25-35(34)28-43)50-41(46)42-38-11-7-6-10-37(38)33-8-4-3-5-9-33/h3-15,32,34-36,40H,16-29H2,1-2H3,(H,42,46)/t34-,35?,36?/m0/s1. The quantitative estimate of drug-likeness (QED) is 0.119. The van der Waals surface area contributed by atoms with Crippen LogP contribution in [0, 0.1) is 17.8 Å². The van der Waals surface area contributed by atoms with Crippen molar-refractivity contribution in [2.24, 2.45) is 17.8 Å². The summed E-state index contributed by atoms with van der Waals surface area (Å²) in [7, 11) is 3.21. The van der Waals surface area contributed by atoms with E-state index < -0.39 is 6.29 Å². The molecule has 9 heteroatoms. The minimum absolute atomic E-state index is 0.0281. The highest BCUT2D eigenvalue weighted by Crippen LogP contribution is 2.40. The molecule has 2 unspecified atom stereocenters. The summed E-state index contributed by atoms with van der Waals surface area (Å²) in [5, 5.41) is 2.99. The fraction of sp³-hybridized carbons (Fsp3) is 0.512. The van der Waals surface area contributed by atoms with Gasteiger partial charge in [0.15, 0.2) is 6.29 Å². The number of hydrogen-bond acceptors (Lipinski definition) is 7. The maximum Gasteiger partial charge on any atom is 0.411 e. The number of carbonyl (C=O) groups is 2. The zero-order valence-electron chi connectivity index (χ0n) is 29.6. The summed E-state index contributed by atoms with van der Waals surface area (Å²) in [4.78, 5) is 30.1. The molecule has 0 aromatic heterocycles. The number of carbonyl (C=O) groups excluding carboxylic acids is 2. The Morgan fingerprint density at radius 2 is 1.50 bits per heavy atom. The molecule has 3 fully saturated rings. The molecule has 3 aliphatic rings. The smallest absolute Gasteiger partial charge is 0.411 e. The first-order chi connectivity index (χ1) is 24.5. The zero-order valence-corrected chi connectivity index (χ0v) is 29.6. The number of hydrogen-bond donors (Lipinski definition) is 1. The lowest BCUT2D eigenvalue weighted by Crippen LogP contribution is -2.40. The number of methoxy groups -OCH3 is 2. The van der Waals surface area contributed by atoms with Gasteiger partial charge in [0.25, 0.3) is 0 Å². The van der Waals surface area contributed by atoms with E-state index in [1.54, 1.807) is 14.2 Å². The van der Waals surface area contributed by atoms with E-state index in [4.69, 9.17) is 18.9 Å². The average Bonchev–Trinajstić information content (AvgIpc) is 3.77. The van der Waals surface area contributed by atoms with Crippen LogP contribution in [0.1, 0.15) is 43.2 Å². The second-order valence-corrected chi connectivity index (χ2v) is 14.1. The summed E-state index contributed by atoms with van der Waals surface area (Å²) in [5.41, 5.74) is 5.40. The highest BCUT2D eigenvalue weighted by molar-refractivity contribution is 5.91. The second-order valence-electron chi connectivity index (χ2n) is 14.1. The maximum atomic E-state index is 12.9. The van der Waals surface area contributed by atoms with E-state index in [1.165, 1.54) is 24.0 Å². The Kier molecular flexibility index (Phi) is 12.9. The Morgan fingerprint density at radius 1 is 0.840 bits per heavy atom. The molecule has 3 aromatic rings. The Bertz CT molecular complexity index is 1500. The molecule has 6 rings (SSSR count). The van der Waals surface area contributed by atoms with Crippen LogP contribution in [0.5, 0.6) is 0 Å². The number of para-hydroxylation sites is 1. The average molecular weight is 684 g/mol. The number of anilines is 1. The zero-order chi connectivity index (χ0) is 34.7. The van der Waals surface area contributed by atoms with E-state index in [0.717, 1.165) is 68.7 Å². The van der Waals surface area contributed by atoms with Crippen molar-refractivity contribution in [1.82, 2.24) is 9.80 Å². The Labute approximate surface area is 297 Å². The lowest BCUT2D eigenvalue weighted by molar-refractivity contribution is -0.146. The number of fused-ring (bicyclic) bond motifs is 1. The van der Waals surface area contributed by atoms with Crippen LogP contribution < -0.4 is 5.32 Å². The van der Waals surface area contributed by atoms with Crippen LogP contribution in [0.4, 0.5) is 10.5 Å². The molecule has 3 atom stereocenters. The molecular formula is C41H53N3O6. The topological polar surface area (TPSA) is 89.6 Å². The normalized spacial score (nSPS) is 20.2. The van der Waals surface area contributed by atoms with Crippen molar-refractivity contribution in [3.05, 3.63) is 90.0 Å². The Morgan fingerprint density at radius 3 is 2.18 bits per heavy atom. The lowest BCUT2D eigenvalue weighted by atomic mass is 10.0. The van der Waals surface area contributed by atoms with Gasteiger partial charge in [0.05, 0.1) is 31.9 Å². The molecular weight excluding hydrogens is 630 g/mol. The van der Waals surface area contributed by atoms with E-state index in [-0.39, 0.29) is 18.1 Å². The van der Waals surface area contributed by atoms with Gasteiger partial charge in [-0.3, -0.25) is 10.1 Å². The van der Waals surface area contributed by atoms with Gasteiger partial charge in [-0.05, 0) is 79.0 Å². The van der Waals surface area contributed by atoms with Gasteiger partial charge < -0.3 is 28.7 Å². The van der Waals surface area contributed by atoms with Crippen LogP contribution in [0.25, 0.3) is 11.1 Å². The summed E-state index contributed by atoms with van der Waals surface area (Å²) >= 11 is 0. The molecule has 2 aliphatic carbocycles. The number of benzene rings is 3. The van der Waals surface area contributed by atoms with Gasteiger partial charge in [-0.1, -0.05) is 72.8 Å². The number of likely N-dealkylation sites (tertiary alicyclic amines) is 1. The van der Waals surface area contributed by atoms with Crippen LogP contribution in [-0.4, -0.2) is 94.4 Å². The largest absolute Gasteiger partial charge is 0.446 e. The number of nitrogens with one attached hydrogen (secondary N) is 1. The number of nitrogens with zero attached hydrogens (tertiary/aromatic N) is 2. The third-order valence-corrected chi connectivity index (χ3v) is 10.5. The van der Waals surface area contributed by atoms with Gasteiger partial charge >= 0.3 is 6.09 Å². The first kappa shape index (κ1) is 36.0. The van der Waals surface area contributed by atoms with Gasteiger partial charge in [0.1, 0.15) is 6.10 Å². The Hall–Kier alpha value is -3.76. The van der Waals surface area contributed by atoms with Gasteiger partial charge in [-0.25, -0.2) is 4.79 Å². The van der Waals surface area contributed by atoms with Crippen molar-refractivity contribution in [2.75, 3.05) is 65.5 Å². The molecule has 50 heavy (non-hydrogen) atoms. The van der Waals surface area contributed by atoms with Crippen molar-refractivity contribution in [3.8, 4) is 11.1 Å². The summed E-state index contributed by atoms with van der Waals surface area (Å²) in [6.45, 7) is 5.42. The van der Waals surface area contributed by atoms with Crippen LogP contribution in [-0.2, 0) is 36.6 Å². The molecule has 9 nitrogen and oxygen atoms in total. The van der Waals surface area contributed by atoms with Crippen LogP contribution in [0.2, 0.25) is 0 Å². The lowest BCUT2D eigenvalue weighted by Gasteiger charge is -2.26. The van der Waals surface area contributed by atoms with Crippen molar-refractivity contribution >= 4 is 17.7 Å². The molecule has 1 saturated heterocycles. The molecule has 0 bridgehead atoms. The van der Waals surface area contributed by atoms with E-state index in [9.17, 15) is 9.59 Å². The third-order valence-electron chi connectivity index (χ3n) is 10.5. The van der Waals surface area contributed by atoms with Gasteiger partial charge in [-0.15, -0.1) is 0 Å². The van der Waals surface area contributed by atoms with Crippen LogP contribution in [0.3, 0.4) is 0 Å².